The van der Waals surface area contributed by atoms with E-state index >= 15 is 0 Å². The molecule has 1 aliphatic carbocycles. The topological polar surface area (TPSA) is 60.7 Å². The number of hydrogen-bond donors (Lipinski definition) is 3. The van der Waals surface area contributed by atoms with Crippen LogP contribution in [0.2, 0.25) is 0 Å². The maximum atomic E-state index is 12.9. The first-order valence-corrected chi connectivity index (χ1v) is 3.51. The summed E-state index contributed by atoms with van der Waals surface area (Å²) in [4.78, 5) is 0. The Hall–Kier alpha value is -0.520. The maximum Gasteiger partial charge on any atom is 0.307 e. The summed E-state index contributed by atoms with van der Waals surface area (Å²) in [6, 6.07) is 0. The number of halogens is 2. The predicted octanol–water partition coefficient (Wildman–Crippen LogP) is -0.334. The second-order valence-electron chi connectivity index (χ2n) is 2.86. The van der Waals surface area contributed by atoms with E-state index in [-0.39, 0.29) is 6.42 Å². The van der Waals surface area contributed by atoms with Crippen LogP contribution in [0, 0.1) is 0 Å². The zero-order valence-corrected chi connectivity index (χ0v) is 6.24. The van der Waals surface area contributed by atoms with Gasteiger partial charge in [-0.2, -0.15) is 0 Å². The molecule has 5 heteroatoms. The van der Waals surface area contributed by atoms with Gasteiger partial charge in [0, 0.05) is 0 Å². The Bertz CT molecular complexity index is 205. The van der Waals surface area contributed by atoms with E-state index in [0.717, 1.165) is 6.08 Å². The van der Waals surface area contributed by atoms with Crippen LogP contribution in [0.25, 0.3) is 0 Å². The fraction of sp³-hybridized carbons (Fsp3) is 0.714. The molecular formula is C7H10F2O3. The Kier molecular flexibility index (Phi) is 2.20. The normalized spacial score (nSPS) is 39.9. The molecule has 0 aliphatic heterocycles. The summed E-state index contributed by atoms with van der Waals surface area (Å²) < 4.78 is 25.9. The molecule has 0 amide bonds. The van der Waals surface area contributed by atoms with Crippen molar-refractivity contribution in [3.05, 3.63) is 12.2 Å². The molecule has 0 bridgehead atoms. The molecule has 0 radical (unpaired) electrons. The van der Waals surface area contributed by atoms with Crippen molar-refractivity contribution in [2.45, 2.75) is 24.0 Å². The van der Waals surface area contributed by atoms with Crippen molar-refractivity contribution in [3.8, 4) is 0 Å². The number of rotatable bonds is 1. The molecular weight excluding hydrogens is 170 g/mol. The van der Waals surface area contributed by atoms with Gasteiger partial charge in [-0.05, 0) is 12.5 Å². The molecule has 3 N–H and O–H groups in total. The number of aliphatic hydroxyl groups is 3. The van der Waals surface area contributed by atoms with Gasteiger partial charge in [-0.1, -0.05) is 6.08 Å². The van der Waals surface area contributed by atoms with Crippen LogP contribution in [0.3, 0.4) is 0 Å². The van der Waals surface area contributed by atoms with E-state index in [4.69, 9.17) is 15.3 Å². The van der Waals surface area contributed by atoms with Crippen LogP contribution in [0.4, 0.5) is 8.78 Å². The molecule has 0 unspecified atom stereocenters. The summed E-state index contributed by atoms with van der Waals surface area (Å²) in [7, 11) is 0. The van der Waals surface area contributed by atoms with Gasteiger partial charge in [0.1, 0.15) is 6.10 Å². The van der Waals surface area contributed by atoms with Gasteiger partial charge >= 0.3 is 5.92 Å². The van der Waals surface area contributed by atoms with Crippen LogP contribution in [0.5, 0.6) is 0 Å². The van der Waals surface area contributed by atoms with E-state index in [9.17, 15) is 8.78 Å². The predicted molar refractivity (Wildman–Crippen MR) is 36.7 cm³/mol. The quantitative estimate of drug-likeness (QED) is 0.484. The van der Waals surface area contributed by atoms with Crippen molar-refractivity contribution in [2.24, 2.45) is 0 Å². The van der Waals surface area contributed by atoms with E-state index in [0.29, 0.717) is 0 Å². The molecule has 0 aromatic heterocycles. The Morgan fingerprint density at radius 3 is 2.50 bits per heavy atom. The van der Waals surface area contributed by atoms with Gasteiger partial charge in [-0.3, -0.25) is 0 Å². The van der Waals surface area contributed by atoms with Gasteiger partial charge in [0.2, 0.25) is 0 Å². The van der Waals surface area contributed by atoms with Crippen LogP contribution >= 0.6 is 0 Å². The lowest BCUT2D eigenvalue weighted by Crippen LogP contribution is -2.57. The van der Waals surface area contributed by atoms with E-state index < -0.39 is 24.2 Å². The van der Waals surface area contributed by atoms with E-state index in [2.05, 4.69) is 0 Å². The summed E-state index contributed by atoms with van der Waals surface area (Å²) >= 11 is 0. The lowest BCUT2D eigenvalue weighted by Gasteiger charge is -2.37. The van der Waals surface area contributed by atoms with Crippen LogP contribution in [0.1, 0.15) is 6.42 Å². The van der Waals surface area contributed by atoms with Crippen molar-refractivity contribution in [1.82, 2.24) is 0 Å². The molecule has 0 fully saturated rings. The van der Waals surface area contributed by atoms with Crippen LogP contribution in [0.15, 0.2) is 12.2 Å². The minimum absolute atomic E-state index is 0.213. The molecule has 12 heavy (non-hydrogen) atoms. The molecule has 0 saturated carbocycles. The lowest BCUT2D eigenvalue weighted by atomic mass is 9.85. The molecule has 1 aliphatic rings. The minimum atomic E-state index is -3.68. The summed E-state index contributed by atoms with van der Waals surface area (Å²) in [6.07, 6.45) is -0.104. The summed E-state index contributed by atoms with van der Waals surface area (Å²) in [5.74, 6) is -3.68. The van der Waals surface area contributed by atoms with Gasteiger partial charge in [0.25, 0.3) is 0 Å². The van der Waals surface area contributed by atoms with Crippen molar-refractivity contribution in [3.63, 3.8) is 0 Å². The first kappa shape index (κ1) is 9.57. The second kappa shape index (κ2) is 2.76. The maximum absolute atomic E-state index is 12.9. The third kappa shape index (κ3) is 1.14. The highest BCUT2D eigenvalue weighted by atomic mass is 19.3. The second-order valence-corrected chi connectivity index (χ2v) is 2.86. The first-order valence-electron chi connectivity index (χ1n) is 3.51. The molecule has 70 valence electrons. The van der Waals surface area contributed by atoms with E-state index in [1.165, 1.54) is 6.08 Å². The van der Waals surface area contributed by atoms with Crippen LogP contribution in [-0.4, -0.2) is 39.6 Å². The standard InChI is InChI=1S/C7H10F2O3/c8-7(9)5(11)2-1-3-6(7,12)4-10/h1,3,5,10-12H,2,4H2/t5-,6-/m0/s1. The van der Waals surface area contributed by atoms with Crippen LogP contribution < -0.4 is 0 Å². The fourth-order valence-corrected chi connectivity index (χ4v) is 1.10. The molecule has 0 aromatic carbocycles. The smallest absolute Gasteiger partial charge is 0.307 e. The fourth-order valence-electron chi connectivity index (χ4n) is 1.10. The summed E-state index contributed by atoms with van der Waals surface area (Å²) in [6.45, 7) is -1.10. The van der Waals surface area contributed by atoms with Crippen molar-refractivity contribution in [2.75, 3.05) is 6.61 Å². The lowest BCUT2D eigenvalue weighted by molar-refractivity contribution is -0.225. The molecule has 2 atom stereocenters. The highest BCUT2D eigenvalue weighted by Crippen LogP contribution is 2.37. The molecule has 0 saturated heterocycles. The first-order chi connectivity index (χ1) is 5.44. The number of alkyl halides is 2. The Morgan fingerprint density at radius 2 is 2.08 bits per heavy atom. The van der Waals surface area contributed by atoms with Gasteiger partial charge in [0.15, 0.2) is 5.60 Å². The average molecular weight is 180 g/mol. The van der Waals surface area contributed by atoms with E-state index in [1.807, 2.05) is 0 Å². The van der Waals surface area contributed by atoms with Crippen molar-refractivity contribution in [1.29, 1.82) is 0 Å². The molecule has 1 rings (SSSR count). The number of hydrogen-bond acceptors (Lipinski definition) is 3. The third-order valence-corrected chi connectivity index (χ3v) is 1.99. The van der Waals surface area contributed by atoms with Gasteiger partial charge in [-0.15, -0.1) is 0 Å². The highest BCUT2D eigenvalue weighted by molar-refractivity contribution is 5.16. The average Bonchev–Trinajstić information content (AvgIpc) is 2.01. The van der Waals surface area contributed by atoms with Crippen molar-refractivity contribution < 1.29 is 24.1 Å². The van der Waals surface area contributed by atoms with Gasteiger partial charge in [0.05, 0.1) is 6.61 Å². The van der Waals surface area contributed by atoms with Crippen molar-refractivity contribution >= 4 is 0 Å². The largest absolute Gasteiger partial charge is 0.393 e. The molecule has 0 heterocycles. The van der Waals surface area contributed by atoms with E-state index in [1.54, 1.807) is 0 Å². The third-order valence-electron chi connectivity index (χ3n) is 1.99. The Morgan fingerprint density at radius 1 is 1.50 bits per heavy atom. The Labute approximate surface area is 67.9 Å². The van der Waals surface area contributed by atoms with Crippen LogP contribution in [-0.2, 0) is 0 Å². The summed E-state index contributed by atoms with van der Waals surface area (Å²) in [5, 5.41) is 26.5. The zero-order valence-electron chi connectivity index (χ0n) is 6.24. The molecule has 3 nitrogen and oxygen atoms in total. The number of aliphatic hydroxyl groups excluding tert-OH is 2. The summed E-state index contributed by atoms with van der Waals surface area (Å²) in [5.41, 5.74) is -2.62. The Balaban J connectivity index is 3.00. The minimum Gasteiger partial charge on any atom is -0.393 e. The molecule has 0 aromatic rings. The van der Waals surface area contributed by atoms with Gasteiger partial charge < -0.3 is 15.3 Å². The zero-order chi connectivity index (χ0) is 9.41. The monoisotopic (exact) mass is 180 g/mol. The van der Waals surface area contributed by atoms with Gasteiger partial charge in [-0.25, -0.2) is 8.78 Å². The SMILES string of the molecule is OC[C@@]1(O)C=CC[C@H](O)C1(F)F. The molecule has 0 spiro atoms. The highest BCUT2D eigenvalue weighted by Gasteiger charge is 2.57.